The summed E-state index contributed by atoms with van der Waals surface area (Å²) in [6, 6.07) is 14.8. The fourth-order valence-electron chi connectivity index (χ4n) is 1.46. The van der Waals surface area contributed by atoms with Crippen LogP contribution in [-0.2, 0) is 6.42 Å². The molecule has 0 radical (unpaired) electrons. The predicted molar refractivity (Wildman–Crippen MR) is 61.3 cm³/mol. The quantitative estimate of drug-likeness (QED) is 0.648. The van der Waals surface area contributed by atoms with Crippen molar-refractivity contribution in [1.82, 2.24) is 0 Å². The SMILES string of the molecule is S=CCc1ccc2ccccc2c1. The van der Waals surface area contributed by atoms with Gasteiger partial charge in [-0.2, -0.15) is 0 Å². The molecule has 0 spiro atoms. The van der Waals surface area contributed by atoms with E-state index in [4.69, 9.17) is 12.2 Å². The van der Waals surface area contributed by atoms with Gasteiger partial charge in [0.05, 0.1) is 0 Å². The number of hydrogen-bond acceptors (Lipinski definition) is 1. The minimum atomic E-state index is 0.875. The predicted octanol–water partition coefficient (Wildman–Crippen LogP) is 3.38. The molecule has 0 bridgehead atoms. The fourth-order valence-corrected chi connectivity index (χ4v) is 1.65. The van der Waals surface area contributed by atoms with Crippen molar-refractivity contribution in [3.63, 3.8) is 0 Å². The summed E-state index contributed by atoms with van der Waals surface area (Å²) in [4.78, 5) is 0. The van der Waals surface area contributed by atoms with Crippen LogP contribution >= 0.6 is 12.2 Å². The van der Waals surface area contributed by atoms with Crippen LogP contribution in [0.5, 0.6) is 0 Å². The molecule has 0 aromatic heterocycles. The van der Waals surface area contributed by atoms with Crippen molar-refractivity contribution in [2.75, 3.05) is 0 Å². The van der Waals surface area contributed by atoms with Crippen LogP contribution in [0, 0.1) is 0 Å². The summed E-state index contributed by atoms with van der Waals surface area (Å²) in [5, 5.41) is 4.34. The Morgan fingerprint density at radius 3 is 2.54 bits per heavy atom. The van der Waals surface area contributed by atoms with Gasteiger partial charge in [0.2, 0.25) is 0 Å². The van der Waals surface area contributed by atoms with E-state index in [1.54, 1.807) is 5.37 Å². The van der Waals surface area contributed by atoms with Gasteiger partial charge in [0, 0.05) is 6.42 Å². The normalized spacial score (nSPS) is 10.2. The Kier molecular flexibility index (Phi) is 2.37. The topological polar surface area (TPSA) is 0 Å². The van der Waals surface area contributed by atoms with Crippen LogP contribution in [0.3, 0.4) is 0 Å². The molecule has 0 amide bonds. The van der Waals surface area contributed by atoms with Crippen LogP contribution in [0.15, 0.2) is 42.5 Å². The monoisotopic (exact) mass is 186 g/mol. The van der Waals surface area contributed by atoms with E-state index in [0.717, 1.165) is 6.42 Å². The van der Waals surface area contributed by atoms with E-state index in [1.165, 1.54) is 16.3 Å². The molecule has 0 N–H and O–H groups in total. The lowest BCUT2D eigenvalue weighted by Gasteiger charge is -1.99. The maximum atomic E-state index is 4.83. The first-order chi connectivity index (χ1) is 6.40. The molecule has 1 heteroatoms. The molecule has 0 saturated heterocycles. The molecule has 0 aliphatic carbocycles. The van der Waals surface area contributed by atoms with Crippen LogP contribution < -0.4 is 0 Å². The second kappa shape index (κ2) is 3.67. The first-order valence-corrected chi connectivity index (χ1v) is 4.78. The Hall–Kier alpha value is -1.21. The van der Waals surface area contributed by atoms with Gasteiger partial charge in [-0.05, 0) is 21.7 Å². The Morgan fingerprint density at radius 1 is 1.00 bits per heavy atom. The standard InChI is InChI=1S/C12H10S/c13-8-7-10-5-6-11-3-1-2-4-12(11)9-10/h1-6,8-9H,7H2. The molecule has 13 heavy (non-hydrogen) atoms. The smallest absolute Gasteiger partial charge is 0.000796 e. The van der Waals surface area contributed by atoms with Gasteiger partial charge in [-0.15, -0.1) is 0 Å². The zero-order valence-corrected chi connectivity index (χ0v) is 8.05. The molecule has 0 saturated carbocycles. The largest absolute Gasteiger partial charge is 0.0931 e. The summed E-state index contributed by atoms with van der Waals surface area (Å²) in [6.07, 6.45) is 0.875. The fraction of sp³-hybridized carbons (Fsp3) is 0.0833. The van der Waals surface area contributed by atoms with Crippen molar-refractivity contribution in [2.45, 2.75) is 6.42 Å². The Balaban J connectivity index is 2.55. The summed E-state index contributed by atoms with van der Waals surface area (Å²) in [5.41, 5.74) is 1.29. The lowest BCUT2D eigenvalue weighted by Crippen LogP contribution is -1.83. The zero-order valence-electron chi connectivity index (χ0n) is 7.23. The van der Waals surface area contributed by atoms with Gasteiger partial charge < -0.3 is 0 Å². The Morgan fingerprint density at radius 2 is 1.77 bits per heavy atom. The lowest BCUT2D eigenvalue weighted by molar-refractivity contribution is 1.40. The van der Waals surface area contributed by atoms with Gasteiger partial charge >= 0.3 is 0 Å². The van der Waals surface area contributed by atoms with Crippen molar-refractivity contribution in [3.8, 4) is 0 Å². The molecule has 2 rings (SSSR count). The molecular formula is C12H10S. The molecule has 0 heterocycles. The molecular weight excluding hydrogens is 176 g/mol. The van der Waals surface area contributed by atoms with Gasteiger partial charge in [-0.1, -0.05) is 54.7 Å². The highest BCUT2D eigenvalue weighted by molar-refractivity contribution is 7.78. The summed E-state index contributed by atoms with van der Waals surface area (Å²) in [6.45, 7) is 0. The Labute approximate surface area is 83.2 Å². The zero-order chi connectivity index (χ0) is 9.10. The van der Waals surface area contributed by atoms with Crippen LogP contribution in [0.2, 0.25) is 0 Å². The first-order valence-electron chi connectivity index (χ1n) is 4.31. The average Bonchev–Trinajstić information content (AvgIpc) is 2.18. The number of hydrogen-bond donors (Lipinski definition) is 0. The van der Waals surface area contributed by atoms with Crippen molar-refractivity contribution in [2.24, 2.45) is 0 Å². The van der Waals surface area contributed by atoms with Gasteiger partial charge in [0.25, 0.3) is 0 Å². The minimum Gasteiger partial charge on any atom is -0.0931 e. The average molecular weight is 186 g/mol. The molecule has 0 atom stereocenters. The molecule has 0 aliphatic heterocycles. The first kappa shape index (κ1) is 8.39. The maximum absolute atomic E-state index is 4.83. The molecule has 0 nitrogen and oxygen atoms in total. The summed E-state index contributed by atoms with van der Waals surface area (Å²) >= 11 is 4.83. The van der Waals surface area contributed by atoms with Gasteiger partial charge in [0.1, 0.15) is 0 Å². The van der Waals surface area contributed by atoms with Crippen molar-refractivity contribution >= 4 is 28.4 Å². The van der Waals surface area contributed by atoms with E-state index in [2.05, 4.69) is 42.5 Å². The molecule has 64 valence electrons. The molecule has 0 fully saturated rings. The van der Waals surface area contributed by atoms with E-state index >= 15 is 0 Å². The van der Waals surface area contributed by atoms with Crippen LogP contribution in [0.1, 0.15) is 5.56 Å². The van der Waals surface area contributed by atoms with Crippen molar-refractivity contribution in [3.05, 3.63) is 48.0 Å². The van der Waals surface area contributed by atoms with Crippen LogP contribution in [-0.4, -0.2) is 5.37 Å². The number of fused-ring (bicyclic) bond motifs is 1. The number of benzene rings is 2. The lowest BCUT2D eigenvalue weighted by atomic mass is 10.1. The highest BCUT2D eigenvalue weighted by Crippen LogP contribution is 2.15. The third-order valence-corrected chi connectivity index (χ3v) is 2.30. The van der Waals surface area contributed by atoms with Crippen molar-refractivity contribution < 1.29 is 0 Å². The van der Waals surface area contributed by atoms with Gasteiger partial charge in [0.15, 0.2) is 0 Å². The van der Waals surface area contributed by atoms with E-state index in [1.807, 2.05) is 0 Å². The Bertz CT molecular complexity index is 432. The van der Waals surface area contributed by atoms with E-state index in [9.17, 15) is 0 Å². The summed E-state index contributed by atoms with van der Waals surface area (Å²) in [7, 11) is 0. The molecule has 2 aromatic carbocycles. The second-order valence-corrected chi connectivity index (χ2v) is 3.39. The van der Waals surface area contributed by atoms with Gasteiger partial charge in [-0.25, -0.2) is 0 Å². The highest BCUT2D eigenvalue weighted by Gasteiger charge is 1.93. The number of thiocarbonyl (C=S) groups is 1. The maximum Gasteiger partial charge on any atom is 0.000796 e. The van der Waals surface area contributed by atoms with Crippen molar-refractivity contribution in [1.29, 1.82) is 0 Å². The van der Waals surface area contributed by atoms with Crippen LogP contribution in [0.25, 0.3) is 10.8 Å². The minimum absolute atomic E-state index is 0.875. The number of rotatable bonds is 2. The highest BCUT2D eigenvalue weighted by atomic mass is 32.1. The second-order valence-electron chi connectivity index (χ2n) is 3.05. The van der Waals surface area contributed by atoms with Crippen LogP contribution in [0.4, 0.5) is 0 Å². The van der Waals surface area contributed by atoms with E-state index < -0.39 is 0 Å². The summed E-state index contributed by atoms with van der Waals surface area (Å²) < 4.78 is 0. The third-order valence-electron chi connectivity index (χ3n) is 2.13. The van der Waals surface area contributed by atoms with Gasteiger partial charge in [-0.3, -0.25) is 0 Å². The molecule has 0 unspecified atom stereocenters. The molecule has 0 aliphatic rings. The van der Waals surface area contributed by atoms with E-state index in [0.29, 0.717) is 0 Å². The third kappa shape index (κ3) is 1.76. The van der Waals surface area contributed by atoms with E-state index in [-0.39, 0.29) is 0 Å². The summed E-state index contributed by atoms with van der Waals surface area (Å²) in [5.74, 6) is 0. The molecule has 2 aromatic rings.